The van der Waals surface area contributed by atoms with Crippen LogP contribution in [0.5, 0.6) is 5.88 Å². The number of carbonyl (C=O) groups is 1. The molecule has 9 nitrogen and oxygen atoms in total. The third-order valence-electron chi connectivity index (χ3n) is 6.14. The number of benzene rings is 1. The van der Waals surface area contributed by atoms with Gasteiger partial charge in [0.05, 0.1) is 28.6 Å². The van der Waals surface area contributed by atoms with Crippen molar-refractivity contribution in [1.82, 2.24) is 30.6 Å². The third-order valence-corrected chi connectivity index (χ3v) is 6.14. The molecule has 1 aromatic carbocycles. The minimum absolute atomic E-state index is 0.0310. The van der Waals surface area contributed by atoms with Crippen molar-refractivity contribution in [1.29, 1.82) is 0 Å². The van der Waals surface area contributed by atoms with Gasteiger partial charge < -0.3 is 20.7 Å². The normalized spacial score (nSPS) is 20.2. The number of hydrogen-bond donors (Lipinski definition) is 3. The van der Waals surface area contributed by atoms with Gasteiger partial charge in [0.15, 0.2) is 12.4 Å². The Labute approximate surface area is 190 Å². The minimum Gasteiger partial charge on any atom is -0.465 e. The van der Waals surface area contributed by atoms with Crippen LogP contribution in [-0.4, -0.2) is 44.5 Å². The topological polar surface area (TPSA) is 114 Å². The van der Waals surface area contributed by atoms with E-state index < -0.39 is 0 Å². The summed E-state index contributed by atoms with van der Waals surface area (Å²) < 4.78 is 19.7. The Balaban J connectivity index is 1.12. The molecule has 0 saturated heterocycles. The van der Waals surface area contributed by atoms with Gasteiger partial charge in [-0.2, -0.15) is 0 Å². The summed E-state index contributed by atoms with van der Waals surface area (Å²) in [7, 11) is 0. The second-order valence-electron chi connectivity index (χ2n) is 8.57. The molecule has 10 heteroatoms. The van der Waals surface area contributed by atoms with Gasteiger partial charge in [-0.1, -0.05) is 0 Å². The molecule has 0 atom stereocenters. The highest BCUT2D eigenvalue weighted by atomic mass is 19.1. The molecule has 1 saturated carbocycles. The molecule has 2 aliphatic rings. The Bertz CT molecular complexity index is 1180. The molecule has 1 aliphatic carbocycles. The molecule has 33 heavy (non-hydrogen) atoms. The summed E-state index contributed by atoms with van der Waals surface area (Å²) in [5.74, 6) is 0.254. The molecule has 3 N–H and O–H groups in total. The van der Waals surface area contributed by atoms with Crippen molar-refractivity contribution in [2.75, 3.05) is 11.9 Å². The van der Waals surface area contributed by atoms with Crippen LogP contribution in [0.2, 0.25) is 0 Å². The van der Waals surface area contributed by atoms with Crippen molar-refractivity contribution in [2.45, 2.75) is 57.8 Å². The first-order valence-electron chi connectivity index (χ1n) is 11.2. The Hall–Kier alpha value is -3.24. The maximum absolute atomic E-state index is 14.5. The molecular formula is C23H26FN7O2. The molecule has 0 radical (unpaired) electrons. The van der Waals surface area contributed by atoms with Crippen molar-refractivity contribution < 1.29 is 13.9 Å². The van der Waals surface area contributed by atoms with E-state index in [1.807, 2.05) is 6.92 Å². The molecule has 1 fully saturated rings. The van der Waals surface area contributed by atoms with Gasteiger partial charge in [0.2, 0.25) is 0 Å². The number of ether oxygens (including phenoxy) is 1. The number of halogens is 1. The summed E-state index contributed by atoms with van der Waals surface area (Å²) in [4.78, 5) is 29.0. The Morgan fingerprint density at radius 1 is 1.06 bits per heavy atom. The fourth-order valence-corrected chi connectivity index (χ4v) is 4.35. The van der Waals surface area contributed by atoms with E-state index in [0.717, 1.165) is 37.1 Å². The molecule has 1 amide bonds. The van der Waals surface area contributed by atoms with Crippen LogP contribution in [0.3, 0.4) is 0 Å². The number of aryl methyl sites for hydroxylation is 1. The van der Waals surface area contributed by atoms with Gasteiger partial charge in [-0.25, -0.2) is 19.3 Å². The van der Waals surface area contributed by atoms with Crippen molar-refractivity contribution in [2.24, 2.45) is 0 Å². The average molecular weight is 452 g/mol. The number of carbonyl (C=O) groups excluding carboxylic acids is 1. The molecule has 172 valence electrons. The summed E-state index contributed by atoms with van der Waals surface area (Å²) in [5.41, 5.74) is 3.45. The lowest BCUT2D eigenvalue weighted by atomic mass is 9.91. The van der Waals surface area contributed by atoms with E-state index in [2.05, 4.69) is 35.9 Å². The standard InChI is InChI=1S/C23H26FN7O2/c1-13-8-27-19-7-6-18(24)17(21(19)29-13)11-26-15-4-2-14(3-5-15)25-9-16-10-28-23-22(30-16)31-20(32)12-33-23/h6-8,10,14-15,25-26H,2-5,9,11-12H2,1H3,(H,30,31,32). The van der Waals surface area contributed by atoms with E-state index in [1.165, 1.54) is 6.07 Å². The number of hydrogen-bond acceptors (Lipinski definition) is 8. The fourth-order valence-electron chi connectivity index (χ4n) is 4.35. The molecule has 3 heterocycles. The zero-order valence-corrected chi connectivity index (χ0v) is 18.4. The summed E-state index contributed by atoms with van der Waals surface area (Å²) in [6.45, 7) is 2.83. The van der Waals surface area contributed by atoms with E-state index in [1.54, 1.807) is 18.5 Å². The molecule has 1 aliphatic heterocycles. The van der Waals surface area contributed by atoms with Crippen LogP contribution in [0.15, 0.2) is 24.5 Å². The zero-order valence-electron chi connectivity index (χ0n) is 18.4. The van der Waals surface area contributed by atoms with E-state index >= 15 is 0 Å². The molecule has 0 unspecified atom stereocenters. The van der Waals surface area contributed by atoms with Crippen molar-refractivity contribution >= 4 is 22.8 Å². The second-order valence-corrected chi connectivity index (χ2v) is 8.57. The molecule has 5 rings (SSSR count). The smallest absolute Gasteiger partial charge is 0.263 e. The summed E-state index contributed by atoms with van der Waals surface area (Å²) >= 11 is 0. The maximum Gasteiger partial charge on any atom is 0.263 e. The van der Waals surface area contributed by atoms with Crippen LogP contribution in [-0.2, 0) is 17.9 Å². The summed E-state index contributed by atoms with van der Waals surface area (Å²) in [6.07, 6.45) is 7.37. The highest BCUT2D eigenvalue weighted by Gasteiger charge is 2.23. The quantitative estimate of drug-likeness (QED) is 0.524. The van der Waals surface area contributed by atoms with Gasteiger partial charge >= 0.3 is 0 Å². The van der Waals surface area contributed by atoms with Crippen LogP contribution in [0.25, 0.3) is 11.0 Å². The molecular weight excluding hydrogens is 425 g/mol. The summed E-state index contributed by atoms with van der Waals surface area (Å²) in [6, 6.07) is 3.83. The van der Waals surface area contributed by atoms with Gasteiger partial charge in [0.1, 0.15) is 5.82 Å². The first-order chi connectivity index (χ1) is 16.0. The number of aromatic nitrogens is 4. The number of rotatable bonds is 6. The zero-order chi connectivity index (χ0) is 22.8. The third kappa shape index (κ3) is 4.91. The predicted octanol–water partition coefficient (Wildman–Crippen LogP) is 2.39. The van der Waals surface area contributed by atoms with Crippen LogP contribution >= 0.6 is 0 Å². The van der Waals surface area contributed by atoms with E-state index in [9.17, 15) is 9.18 Å². The SMILES string of the molecule is Cc1cnc2ccc(F)c(CNC3CCC(NCc4cnc5c(n4)NC(=O)CO5)CC3)c2n1. The van der Waals surface area contributed by atoms with Crippen molar-refractivity contribution in [3.05, 3.63) is 47.3 Å². The molecule has 0 bridgehead atoms. The molecule has 3 aromatic rings. The molecule has 0 spiro atoms. The van der Waals surface area contributed by atoms with Crippen molar-refractivity contribution in [3.8, 4) is 5.88 Å². The summed E-state index contributed by atoms with van der Waals surface area (Å²) in [5, 5.41) is 9.72. The van der Waals surface area contributed by atoms with E-state index in [4.69, 9.17) is 4.74 Å². The van der Waals surface area contributed by atoms with Crippen LogP contribution in [0.1, 0.15) is 42.6 Å². The number of nitrogens with zero attached hydrogens (tertiary/aromatic N) is 4. The second kappa shape index (κ2) is 9.32. The first kappa shape index (κ1) is 21.6. The number of fused-ring (bicyclic) bond motifs is 2. The fraction of sp³-hybridized carbons (Fsp3) is 0.435. The Morgan fingerprint density at radius 3 is 2.61 bits per heavy atom. The van der Waals surface area contributed by atoms with E-state index in [0.29, 0.717) is 53.5 Å². The average Bonchev–Trinajstić information content (AvgIpc) is 2.82. The predicted molar refractivity (Wildman–Crippen MR) is 120 cm³/mol. The van der Waals surface area contributed by atoms with Gasteiger partial charge in [-0.05, 0) is 44.7 Å². The van der Waals surface area contributed by atoms with E-state index in [-0.39, 0.29) is 18.3 Å². The Morgan fingerprint density at radius 2 is 1.82 bits per heavy atom. The van der Waals surface area contributed by atoms with Crippen LogP contribution < -0.4 is 20.7 Å². The van der Waals surface area contributed by atoms with Gasteiger partial charge in [-0.15, -0.1) is 0 Å². The first-order valence-corrected chi connectivity index (χ1v) is 11.2. The number of anilines is 1. The van der Waals surface area contributed by atoms with Gasteiger partial charge in [-0.3, -0.25) is 9.78 Å². The van der Waals surface area contributed by atoms with Gasteiger partial charge in [0, 0.05) is 36.9 Å². The monoisotopic (exact) mass is 451 g/mol. The lowest BCUT2D eigenvalue weighted by Crippen LogP contribution is -2.39. The highest BCUT2D eigenvalue weighted by Crippen LogP contribution is 2.24. The molecule has 2 aromatic heterocycles. The van der Waals surface area contributed by atoms with Crippen LogP contribution in [0, 0.1) is 12.7 Å². The highest BCUT2D eigenvalue weighted by molar-refractivity contribution is 5.93. The number of nitrogens with one attached hydrogen (secondary N) is 3. The Kier molecular flexibility index (Phi) is 6.10. The maximum atomic E-state index is 14.5. The lowest BCUT2D eigenvalue weighted by molar-refractivity contribution is -0.118. The van der Waals surface area contributed by atoms with Gasteiger partial charge in [0.25, 0.3) is 11.8 Å². The lowest BCUT2D eigenvalue weighted by Gasteiger charge is -2.30. The van der Waals surface area contributed by atoms with Crippen molar-refractivity contribution in [3.63, 3.8) is 0 Å². The number of amides is 1. The minimum atomic E-state index is -0.252. The van der Waals surface area contributed by atoms with Crippen LogP contribution in [0.4, 0.5) is 10.2 Å². The largest absolute Gasteiger partial charge is 0.465 e.